The van der Waals surface area contributed by atoms with E-state index in [1.54, 1.807) is 0 Å². The van der Waals surface area contributed by atoms with Gasteiger partial charge in [-0.1, -0.05) is 166 Å². The zero-order chi connectivity index (χ0) is 33.7. The maximum Gasteiger partial charge on any atom is 0.0546 e. The van der Waals surface area contributed by atoms with E-state index in [4.69, 9.17) is 0 Å². The van der Waals surface area contributed by atoms with Gasteiger partial charge < -0.3 is 4.90 Å². The van der Waals surface area contributed by atoms with Crippen molar-refractivity contribution < 1.29 is 0 Å². The van der Waals surface area contributed by atoms with Crippen LogP contribution in [-0.4, -0.2) is 0 Å². The van der Waals surface area contributed by atoms with Gasteiger partial charge in [0.15, 0.2) is 0 Å². The van der Waals surface area contributed by atoms with Crippen LogP contribution in [0.5, 0.6) is 0 Å². The summed E-state index contributed by atoms with van der Waals surface area (Å²) in [4.78, 5) is 2.45. The van der Waals surface area contributed by atoms with Crippen LogP contribution in [0.3, 0.4) is 0 Å². The molecule has 0 amide bonds. The smallest absolute Gasteiger partial charge is 0.0546 e. The lowest BCUT2D eigenvalue weighted by atomic mass is 9.67. The van der Waals surface area contributed by atoms with Crippen molar-refractivity contribution in [2.45, 2.75) is 19.3 Å². The molecule has 1 aliphatic rings. The van der Waals surface area contributed by atoms with Gasteiger partial charge in [-0.15, -0.1) is 0 Å². The Hall–Kier alpha value is -6.18. The number of hydrogen-bond acceptors (Lipinski definition) is 1. The van der Waals surface area contributed by atoms with Crippen LogP contribution < -0.4 is 4.90 Å². The van der Waals surface area contributed by atoms with Crippen molar-refractivity contribution in [1.82, 2.24) is 0 Å². The van der Waals surface area contributed by atoms with Gasteiger partial charge in [0.05, 0.1) is 5.69 Å². The van der Waals surface area contributed by atoms with Gasteiger partial charge in [0.25, 0.3) is 0 Å². The third-order valence-electron chi connectivity index (χ3n) is 10.5. The molecule has 0 bridgehead atoms. The molecular weight excluding hydrogens is 603 g/mol. The van der Waals surface area contributed by atoms with E-state index in [1.807, 2.05) is 0 Å². The van der Waals surface area contributed by atoms with Gasteiger partial charge in [0, 0.05) is 22.4 Å². The first-order valence-corrected chi connectivity index (χ1v) is 17.4. The molecule has 0 spiro atoms. The Labute approximate surface area is 294 Å². The highest BCUT2D eigenvalue weighted by molar-refractivity contribution is 6.10. The largest absolute Gasteiger partial charge is 0.310 e. The highest BCUT2D eigenvalue weighted by Gasteiger charge is 2.36. The summed E-state index contributed by atoms with van der Waals surface area (Å²) in [7, 11) is 0. The maximum absolute atomic E-state index is 2.45. The minimum atomic E-state index is -0.176. The first-order valence-electron chi connectivity index (χ1n) is 17.4. The van der Waals surface area contributed by atoms with Gasteiger partial charge in [-0.05, 0) is 97.2 Å². The normalized spacial score (nSPS) is 12.8. The average Bonchev–Trinajstić information content (AvgIpc) is 3.19. The molecule has 0 saturated carbocycles. The lowest BCUT2D eigenvalue weighted by Crippen LogP contribution is -2.24. The molecular formula is C49H37N. The molecule has 50 heavy (non-hydrogen) atoms. The van der Waals surface area contributed by atoms with Crippen molar-refractivity contribution in [2.75, 3.05) is 4.90 Å². The molecule has 0 fully saturated rings. The van der Waals surface area contributed by atoms with Crippen LogP contribution in [0.25, 0.3) is 55.3 Å². The molecule has 1 aliphatic carbocycles. The van der Waals surface area contributed by atoms with E-state index >= 15 is 0 Å². The first-order chi connectivity index (χ1) is 24.6. The Kier molecular flexibility index (Phi) is 7.21. The lowest BCUT2D eigenvalue weighted by molar-refractivity contribution is 0.645. The Morgan fingerprint density at radius 2 is 0.860 bits per heavy atom. The predicted molar refractivity (Wildman–Crippen MR) is 213 cm³/mol. The minimum Gasteiger partial charge on any atom is -0.310 e. The molecule has 8 aromatic carbocycles. The van der Waals surface area contributed by atoms with Crippen LogP contribution >= 0.6 is 0 Å². The molecule has 0 N–H and O–H groups in total. The molecule has 0 aliphatic heterocycles. The van der Waals surface area contributed by atoms with Crippen LogP contribution in [0, 0.1) is 0 Å². The molecule has 238 valence electrons. The van der Waals surface area contributed by atoms with Crippen molar-refractivity contribution in [3.63, 3.8) is 0 Å². The Balaban J connectivity index is 1.28. The second-order valence-corrected chi connectivity index (χ2v) is 13.8. The van der Waals surface area contributed by atoms with Crippen LogP contribution in [0.15, 0.2) is 188 Å². The molecule has 1 heteroatoms. The van der Waals surface area contributed by atoms with Gasteiger partial charge in [0.2, 0.25) is 0 Å². The van der Waals surface area contributed by atoms with Crippen molar-refractivity contribution in [3.05, 3.63) is 199 Å². The van der Waals surface area contributed by atoms with E-state index in [0.717, 1.165) is 11.4 Å². The number of fused-ring (bicyclic) bond motifs is 2. The fourth-order valence-corrected chi connectivity index (χ4v) is 7.88. The highest BCUT2D eigenvalue weighted by Crippen LogP contribution is 2.54. The van der Waals surface area contributed by atoms with Crippen molar-refractivity contribution in [2.24, 2.45) is 0 Å². The lowest BCUT2D eigenvalue weighted by Gasteiger charge is -2.38. The molecule has 0 heterocycles. The molecule has 0 saturated heterocycles. The summed E-state index contributed by atoms with van der Waals surface area (Å²) in [5, 5.41) is 2.60. The van der Waals surface area contributed by atoms with Gasteiger partial charge in [-0.3, -0.25) is 0 Å². The summed E-state index contributed by atoms with van der Waals surface area (Å²) >= 11 is 0. The summed E-state index contributed by atoms with van der Waals surface area (Å²) in [6.45, 7) is 4.76. The number of nitrogens with zero attached hydrogens (tertiary/aromatic N) is 1. The quantitative estimate of drug-likeness (QED) is 0.175. The van der Waals surface area contributed by atoms with Crippen molar-refractivity contribution >= 4 is 27.8 Å². The Bertz CT molecular complexity index is 2380. The van der Waals surface area contributed by atoms with E-state index in [2.05, 4.69) is 207 Å². The van der Waals surface area contributed by atoms with Crippen LogP contribution in [0.2, 0.25) is 0 Å². The second-order valence-electron chi connectivity index (χ2n) is 13.8. The summed E-state index contributed by atoms with van der Waals surface area (Å²) in [5.41, 5.74) is 15.9. The third-order valence-corrected chi connectivity index (χ3v) is 10.5. The molecule has 0 radical (unpaired) electrons. The van der Waals surface area contributed by atoms with E-state index in [1.165, 1.54) is 72.1 Å². The average molecular weight is 640 g/mol. The fourth-order valence-electron chi connectivity index (χ4n) is 7.88. The first kappa shape index (κ1) is 29.9. The van der Waals surface area contributed by atoms with Crippen molar-refractivity contribution in [1.29, 1.82) is 0 Å². The minimum absolute atomic E-state index is 0.176. The molecule has 9 rings (SSSR count). The number of benzene rings is 8. The highest BCUT2D eigenvalue weighted by atomic mass is 15.1. The third kappa shape index (κ3) is 5.02. The van der Waals surface area contributed by atoms with Crippen LogP contribution in [-0.2, 0) is 5.41 Å². The number of rotatable bonds is 6. The monoisotopic (exact) mass is 639 g/mol. The fraction of sp³-hybridized carbons (Fsp3) is 0.0612. The number of anilines is 3. The summed E-state index contributed by atoms with van der Waals surface area (Å²) in [6.07, 6.45) is 0. The Morgan fingerprint density at radius 3 is 1.40 bits per heavy atom. The van der Waals surface area contributed by atoms with Gasteiger partial charge in [-0.25, -0.2) is 0 Å². The topological polar surface area (TPSA) is 3.24 Å². The second kappa shape index (κ2) is 12.1. The van der Waals surface area contributed by atoms with E-state index in [9.17, 15) is 0 Å². The Morgan fingerprint density at radius 1 is 0.380 bits per heavy atom. The van der Waals surface area contributed by atoms with Crippen molar-refractivity contribution in [3.8, 4) is 44.5 Å². The molecule has 0 atom stereocenters. The zero-order valence-corrected chi connectivity index (χ0v) is 28.3. The SMILES string of the molecule is CC1(C)c2cc(-c3ccccc3)ccc2-c2c(N(c3ccc(-c4ccccc4)cc3)c3ccc(-c4ccccc4)cc3)ccc3cccc1c23. The van der Waals surface area contributed by atoms with Gasteiger partial charge in [-0.2, -0.15) is 0 Å². The van der Waals surface area contributed by atoms with Gasteiger partial charge in [0.1, 0.15) is 0 Å². The number of hydrogen-bond donors (Lipinski definition) is 0. The standard InChI is InChI=1S/C49H37N/c1-49(2)44-20-12-19-39-26-32-46(48(47(39)44)43-31-25-40(33-45(43)49)36-17-10-5-11-18-36)50(41-27-21-37(22-28-41)34-13-6-3-7-14-34)42-29-23-38(24-30-42)35-15-8-4-9-16-35/h3-33H,1-2H3. The summed E-state index contributed by atoms with van der Waals surface area (Å²) in [6, 6.07) is 68.6. The molecule has 1 nitrogen and oxygen atoms in total. The van der Waals surface area contributed by atoms with Crippen LogP contribution in [0.1, 0.15) is 25.0 Å². The molecule has 0 aromatic heterocycles. The zero-order valence-electron chi connectivity index (χ0n) is 28.3. The van der Waals surface area contributed by atoms with Crippen LogP contribution in [0.4, 0.5) is 17.1 Å². The molecule has 0 unspecified atom stereocenters. The van der Waals surface area contributed by atoms with E-state index in [-0.39, 0.29) is 5.41 Å². The maximum atomic E-state index is 2.45. The summed E-state index contributed by atoms with van der Waals surface area (Å²) in [5.74, 6) is 0. The predicted octanol–water partition coefficient (Wildman–Crippen LogP) is 13.6. The summed E-state index contributed by atoms with van der Waals surface area (Å²) < 4.78 is 0. The van der Waals surface area contributed by atoms with Gasteiger partial charge >= 0.3 is 0 Å². The van der Waals surface area contributed by atoms with E-state index in [0.29, 0.717) is 0 Å². The molecule has 8 aromatic rings. The van der Waals surface area contributed by atoms with E-state index < -0.39 is 0 Å².